The first kappa shape index (κ1) is 27.7. The highest BCUT2D eigenvalue weighted by molar-refractivity contribution is 6.39. The highest BCUT2D eigenvalue weighted by Gasteiger charge is 2.21. The number of fused-ring (bicyclic) bond motifs is 3. The minimum Gasteiger partial charge on any atom is -0.386 e. The lowest BCUT2D eigenvalue weighted by Crippen LogP contribution is -2.38. The summed E-state index contributed by atoms with van der Waals surface area (Å²) in [5.41, 5.74) is 2.23. The molecule has 0 radical (unpaired) electrons. The molecule has 0 saturated carbocycles. The largest absolute Gasteiger partial charge is 0.386 e. The summed E-state index contributed by atoms with van der Waals surface area (Å²) in [6, 6.07) is 11.0. The molecule has 0 amide bonds. The fourth-order valence-corrected chi connectivity index (χ4v) is 5.68. The number of halogens is 2. The SMILES string of the molecule is CC(C)(O)c1cc(Cl)c(Nc2nc3ccc(-c4cnn(CCN5CCOCC5)c4)cc3c3c(=O)[nH]ccc23)c(Cl)c1. The number of aromatic amines is 1. The lowest BCUT2D eigenvalue weighted by Gasteiger charge is -2.26. The van der Waals surface area contributed by atoms with Gasteiger partial charge in [-0.2, -0.15) is 5.10 Å². The van der Waals surface area contributed by atoms with Crippen LogP contribution in [0.1, 0.15) is 19.4 Å². The Morgan fingerprint density at radius 2 is 1.80 bits per heavy atom. The van der Waals surface area contributed by atoms with E-state index in [1.165, 1.54) is 0 Å². The van der Waals surface area contributed by atoms with Gasteiger partial charge in [-0.05, 0) is 55.3 Å². The molecule has 1 aliphatic rings. The van der Waals surface area contributed by atoms with E-state index in [-0.39, 0.29) is 5.56 Å². The second kappa shape index (κ2) is 11.1. The van der Waals surface area contributed by atoms with Crippen LogP contribution in [0.5, 0.6) is 0 Å². The lowest BCUT2D eigenvalue weighted by molar-refractivity contribution is 0.0360. The van der Waals surface area contributed by atoms with Gasteiger partial charge in [0.05, 0.1) is 58.2 Å². The van der Waals surface area contributed by atoms with Crippen molar-refractivity contribution in [3.8, 4) is 11.1 Å². The lowest BCUT2D eigenvalue weighted by atomic mass is 9.98. The molecule has 0 aliphatic carbocycles. The molecule has 5 aromatic rings. The van der Waals surface area contributed by atoms with Crippen LogP contribution in [0.2, 0.25) is 10.0 Å². The number of hydrogen-bond acceptors (Lipinski definition) is 7. The molecule has 4 heterocycles. The van der Waals surface area contributed by atoms with Gasteiger partial charge in [0, 0.05) is 48.4 Å². The summed E-state index contributed by atoms with van der Waals surface area (Å²) in [7, 11) is 0. The van der Waals surface area contributed by atoms with Crippen LogP contribution in [0.25, 0.3) is 32.8 Å². The Morgan fingerprint density at radius 3 is 2.54 bits per heavy atom. The number of nitrogens with one attached hydrogen (secondary N) is 2. The Hall–Kier alpha value is -3.47. The number of H-pyrrole nitrogens is 1. The topological polar surface area (TPSA) is 108 Å². The molecule has 1 saturated heterocycles. The zero-order valence-corrected chi connectivity index (χ0v) is 24.3. The fourth-order valence-electron chi connectivity index (χ4n) is 5.10. The van der Waals surface area contributed by atoms with Crippen LogP contribution in [-0.2, 0) is 16.9 Å². The number of morpholine rings is 1. The van der Waals surface area contributed by atoms with Crippen molar-refractivity contribution in [3.05, 3.63) is 81.0 Å². The second-order valence-corrected chi connectivity index (χ2v) is 11.5. The van der Waals surface area contributed by atoms with E-state index in [1.54, 1.807) is 38.2 Å². The van der Waals surface area contributed by atoms with E-state index >= 15 is 0 Å². The van der Waals surface area contributed by atoms with Crippen molar-refractivity contribution >= 4 is 56.4 Å². The zero-order valence-electron chi connectivity index (χ0n) is 22.7. The van der Waals surface area contributed by atoms with Gasteiger partial charge in [-0.3, -0.25) is 14.4 Å². The highest BCUT2D eigenvalue weighted by Crippen LogP contribution is 2.39. The monoisotopic (exact) mass is 592 g/mol. The van der Waals surface area contributed by atoms with E-state index in [9.17, 15) is 9.90 Å². The Kier molecular flexibility index (Phi) is 7.48. The fraction of sp³-hybridized carbons (Fsp3) is 0.300. The molecule has 0 unspecified atom stereocenters. The maximum absolute atomic E-state index is 13.2. The molecule has 9 nitrogen and oxygen atoms in total. The van der Waals surface area contributed by atoms with Crippen molar-refractivity contribution in [2.45, 2.75) is 26.0 Å². The number of benzene rings is 2. The van der Waals surface area contributed by atoms with Gasteiger partial charge in [-0.25, -0.2) is 4.98 Å². The van der Waals surface area contributed by atoms with Crippen LogP contribution in [0, 0.1) is 0 Å². The molecule has 0 bridgehead atoms. The highest BCUT2D eigenvalue weighted by atomic mass is 35.5. The molecule has 3 N–H and O–H groups in total. The van der Waals surface area contributed by atoms with E-state index < -0.39 is 5.60 Å². The van der Waals surface area contributed by atoms with Crippen LogP contribution in [0.4, 0.5) is 11.5 Å². The molecule has 41 heavy (non-hydrogen) atoms. The van der Waals surface area contributed by atoms with Crippen molar-refractivity contribution < 1.29 is 9.84 Å². The zero-order chi connectivity index (χ0) is 28.7. The van der Waals surface area contributed by atoms with Gasteiger partial charge >= 0.3 is 0 Å². The number of hydrogen-bond donors (Lipinski definition) is 3. The normalized spacial score (nSPS) is 14.7. The smallest absolute Gasteiger partial charge is 0.256 e. The standard InChI is InChI=1S/C30H30Cl2N6O3/c1-30(2,40)20-14-23(31)27(24(32)15-20)36-28-21-5-6-33-29(39)26(21)22-13-18(3-4-25(22)35-28)19-16-34-38(17-19)8-7-37-9-11-41-12-10-37/h3-6,13-17,40H,7-12H2,1-2H3,(H,33,39)(H,35,36). The van der Waals surface area contributed by atoms with Gasteiger partial charge in [-0.15, -0.1) is 0 Å². The molecule has 2 aromatic carbocycles. The van der Waals surface area contributed by atoms with Gasteiger partial charge < -0.3 is 20.1 Å². The Bertz CT molecular complexity index is 1780. The van der Waals surface area contributed by atoms with Crippen LogP contribution < -0.4 is 10.9 Å². The third-order valence-corrected chi connectivity index (χ3v) is 8.02. The summed E-state index contributed by atoms with van der Waals surface area (Å²) in [6.07, 6.45) is 5.46. The first-order valence-electron chi connectivity index (χ1n) is 13.4. The van der Waals surface area contributed by atoms with Crippen LogP contribution in [-0.4, -0.2) is 62.6 Å². The Morgan fingerprint density at radius 1 is 1.05 bits per heavy atom. The van der Waals surface area contributed by atoms with E-state index in [1.807, 2.05) is 35.3 Å². The van der Waals surface area contributed by atoms with Crippen molar-refractivity contribution in [2.24, 2.45) is 0 Å². The minimum absolute atomic E-state index is 0.231. The van der Waals surface area contributed by atoms with Crippen LogP contribution in [0.15, 0.2) is 59.8 Å². The molecule has 11 heteroatoms. The molecule has 1 fully saturated rings. The Labute approximate surface area is 246 Å². The van der Waals surface area contributed by atoms with Crippen molar-refractivity contribution in [2.75, 3.05) is 38.2 Å². The maximum atomic E-state index is 13.2. The number of nitrogens with zero attached hydrogens (tertiary/aromatic N) is 4. The number of anilines is 2. The average molecular weight is 594 g/mol. The van der Waals surface area contributed by atoms with Crippen LogP contribution in [0.3, 0.4) is 0 Å². The quantitative estimate of drug-likeness (QED) is 0.213. The number of aliphatic hydroxyl groups is 1. The number of aromatic nitrogens is 4. The molecule has 6 rings (SSSR count). The average Bonchev–Trinajstić information content (AvgIpc) is 3.43. The predicted octanol–water partition coefficient (Wildman–Crippen LogP) is 5.55. The van der Waals surface area contributed by atoms with Gasteiger partial charge in [0.25, 0.3) is 5.56 Å². The number of ether oxygens (including phenoxy) is 1. The van der Waals surface area contributed by atoms with Gasteiger partial charge in [0.15, 0.2) is 0 Å². The van der Waals surface area contributed by atoms with Crippen LogP contribution >= 0.6 is 23.2 Å². The summed E-state index contributed by atoms with van der Waals surface area (Å²) in [4.78, 5) is 23.2. The predicted molar refractivity (Wildman–Crippen MR) is 163 cm³/mol. The van der Waals surface area contributed by atoms with E-state index in [0.29, 0.717) is 43.4 Å². The van der Waals surface area contributed by atoms with Gasteiger partial charge in [0.1, 0.15) is 5.82 Å². The summed E-state index contributed by atoms with van der Waals surface area (Å²) < 4.78 is 7.38. The van der Waals surface area contributed by atoms with Crippen molar-refractivity contribution in [1.29, 1.82) is 0 Å². The molecular weight excluding hydrogens is 563 g/mol. The second-order valence-electron chi connectivity index (χ2n) is 10.7. The minimum atomic E-state index is -1.11. The van der Waals surface area contributed by atoms with E-state index in [2.05, 4.69) is 20.3 Å². The number of pyridine rings is 2. The molecule has 0 spiro atoms. The molecule has 0 atom stereocenters. The first-order chi connectivity index (χ1) is 19.7. The first-order valence-corrected chi connectivity index (χ1v) is 14.2. The van der Waals surface area contributed by atoms with E-state index in [4.69, 9.17) is 32.9 Å². The number of rotatable bonds is 7. The van der Waals surface area contributed by atoms with Crippen molar-refractivity contribution in [3.63, 3.8) is 0 Å². The Balaban J connectivity index is 1.36. The molecule has 1 aliphatic heterocycles. The molecular formula is C30H30Cl2N6O3. The molecule has 3 aromatic heterocycles. The maximum Gasteiger partial charge on any atom is 0.256 e. The summed E-state index contributed by atoms with van der Waals surface area (Å²) in [5, 5.41) is 20.7. The van der Waals surface area contributed by atoms with Gasteiger partial charge in [0.2, 0.25) is 0 Å². The third kappa shape index (κ3) is 5.68. The van der Waals surface area contributed by atoms with Gasteiger partial charge in [-0.1, -0.05) is 29.3 Å². The summed E-state index contributed by atoms with van der Waals surface area (Å²) in [5.74, 6) is 0.446. The molecule has 212 valence electrons. The third-order valence-electron chi connectivity index (χ3n) is 7.42. The summed E-state index contributed by atoms with van der Waals surface area (Å²) in [6.45, 7) is 8.45. The van der Waals surface area contributed by atoms with E-state index in [0.717, 1.165) is 55.9 Å². The summed E-state index contributed by atoms with van der Waals surface area (Å²) >= 11 is 13.2. The van der Waals surface area contributed by atoms with Crippen molar-refractivity contribution in [1.82, 2.24) is 24.6 Å².